The highest BCUT2D eigenvalue weighted by molar-refractivity contribution is 5.65. The molecule has 0 aliphatic heterocycles. The van der Waals surface area contributed by atoms with E-state index in [0.29, 0.717) is 11.3 Å². The summed E-state index contributed by atoms with van der Waals surface area (Å²) in [6, 6.07) is 19.5. The van der Waals surface area contributed by atoms with Crippen molar-refractivity contribution in [1.82, 2.24) is 4.98 Å². The molecule has 6 heteroatoms. The minimum absolute atomic E-state index is 0.0847. The second-order valence-electron chi connectivity index (χ2n) is 4.93. The van der Waals surface area contributed by atoms with Gasteiger partial charge in [0.1, 0.15) is 11.9 Å². The summed E-state index contributed by atoms with van der Waals surface area (Å²) < 4.78 is 5.56. The Balaban J connectivity index is 1.74. The lowest BCUT2D eigenvalue weighted by atomic mass is 10.0. The number of ether oxygens (including phenoxy) is 1. The van der Waals surface area contributed by atoms with Crippen molar-refractivity contribution in [2.24, 2.45) is 0 Å². The molecule has 0 amide bonds. The molecule has 0 bridgehead atoms. The number of hydrogen-bond donors (Lipinski definition) is 0. The van der Waals surface area contributed by atoms with Gasteiger partial charge in [0, 0.05) is 12.1 Å². The lowest BCUT2D eigenvalue weighted by Crippen LogP contribution is -1.91. The molecule has 0 aliphatic rings. The van der Waals surface area contributed by atoms with Gasteiger partial charge in [-0.2, -0.15) is 5.26 Å². The maximum Gasteiger partial charge on any atom is 0.287 e. The molecule has 0 N–H and O–H groups in total. The van der Waals surface area contributed by atoms with Gasteiger partial charge in [0.2, 0.25) is 5.88 Å². The lowest BCUT2D eigenvalue weighted by Gasteiger charge is -2.06. The predicted octanol–water partition coefficient (Wildman–Crippen LogP) is 4.32. The van der Waals surface area contributed by atoms with Gasteiger partial charge in [-0.3, -0.25) is 10.1 Å². The molecular weight excluding hydrogens is 306 g/mol. The summed E-state index contributed by atoms with van der Waals surface area (Å²) in [5, 5.41) is 19.4. The van der Waals surface area contributed by atoms with E-state index in [1.54, 1.807) is 24.3 Å². The quantitative estimate of drug-likeness (QED) is 0.528. The summed E-state index contributed by atoms with van der Waals surface area (Å²) in [5.74, 6) is 0.862. The molecule has 0 unspecified atom stereocenters. The monoisotopic (exact) mass is 317 g/mol. The van der Waals surface area contributed by atoms with Gasteiger partial charge in [0.05, 0.1) is 16.6 Å². The molecule has 3 rings (SSSR count). The van der Waals surface area contributed by atoms with E-state index in [9.17, 15) is 10.1 Å². The molecule has 0 spiro atoms. The summed E-state index contributed by atoms with van der Waals surface area (Å²) in [6.07, 6.45) is 1.15. The Kier molecular flexibility index (Phi) is 4.17. The topological polar surface area (TPSA) is 89.0 Å². The first-order valence-corrected chi connectivity index (χ1v) is 7.04. The second kappa shape index (κ2) is 6.58. The summed E-state index contributed by atoms with van der Waals surface area (Å²) in [7, 11) is 0. The number of rotatable bonds is 4. The lowest BCUT2D eigenvalue weighted by molar-refractivity contribution is -0.385. The van der Waals surface area contributed by atoms with Crippen LogP contribution in [0.3, 0.4) is 0 Å². The average molecular weight is 317 g/mol. The van der Waals surface area contributed by atoms with E-state index in [1.165, 1.54) is 12.1 Å². The van der Waals surface area contributed by atoms with Crippen LogP contribution in [0.2, 0.25) is 0 Å². The van der Waals surface area contributed by atoms with E-state index >= 15 is 0 Å². The smallest absolute Gasteiger partial charge is 0.287 e. The molecule has 1 heterocycles. The van der Waals surface area contributed by atoms with Crippen LogP contribution in [-0.4, -0.2) is 9.91 Å². The Morgan fingerprint density at radius 1 is 0.958 bits per heavy atom. The first-order chi connectivity index (χ1) is 11.7. The van der Waals surface area contributed by atoms with E-state index < -0.39 is 4.92 Å². The van der Waals surface area contributed by atoms with Crippen LogP contribution in [0.5, 0.6) is 11.6 Å². The number of nitrogens with zero attached hydrogens (tertiary/aromatic N) is 3. The highest BCUT2D eigenvalue weighted by Gasteiger charge is 2.06. The van der Waals surface area contributed by atoms with Gasteiger partial charge in [0.15, 0.2) is 0 Å². The Morgan fingerprint density at radius 3 is 2.08 bits per heavy atom. The molecule has 0 saturated carbocycles. The molecule has 116 valence electrons. The van der Waals surface area contributed by atoms with Crippen LogP contribution < -0.4 is 4.74 Å². The van der Waals surface area contributed by atoms with Crippen LogP contribution in [0, 0.1) is 21.4 Å². The fraction of sp³-hybridized carbons (Fsp3) is 0. The molecule has 0 fully saturated rings. The minimum Gasteiger partial charge on any atom is -0.439 e. The van der Waals surface area contributed by atoms with Gasteiger partial charge in [-0.1, -0.05) is 24.3 Å². The van der Waals surface area contributed by atoms with Gasteiger partial charge in [-0.25, -0.2) is 4.98 Å². The highest BCUT2D eigenvalue weighted by atomic mass is 16.6. The van der Waals surface area contributed by atoms with Crippen molar-refractivity contribution in [3.8, 4) is 28.8 Å². The van der Waals surface area contributed by atoms with Crippen molar-refractivity contribution in [3.05, 3.63) is 82.5 Å². The number of nitriles is 1. The summed E-state index contributed by atoms with van der Waals surface area (Å²) in [5.41, 5.74) is 2.51. The first-order valence-electron chi connectivity index (χ1n) is 7.04. The van der Waals surface area contributed by atoms with Crippen LogP contribution >= 0.6 is 0 Å². The van der Waals surface area contributed by atoms with Crippen molar-refractivity contribution in [2.45, 2.75) is 0 Å². The van der Waals surface area contributed by atoms with Crippen molar-refractivity contribution < 1.29 is 9.66 Å². The maximum absolute atomic E-state index is 10.6. The van der Waals surface area contributed by atoms with Gasteiger partial charge < -0.3 is 4.74 Å². The van der Waals surface area contributed by atoms with Crippen LogP contribution in [0.4, 0.5) is 5.69 Å². The third-order valence-electron chi connectivity index (χ3n) is 3.36. The first kappa shape index (κ1) is 15.2. The fourth-order valence-corrected chi connectivity index (χ4v) is 2.11. The summed E-state index contributed by atoms with van der Waals surface area (Å²) >= 11 is 0. The molecule has 0 saturated heterocycles. The zero-order valence-electron chi connectivity index (χ0n) is 12.4. The maximum atomic E-state index is 10.6. The normalized spacial score (nSPS) is 9.96. The molecule has 6 nitrogen and oxygen atoms in total. The average Bonchev–Trinajstić information content (AvgIpc) is 2.63. The van der Waals surface area contributed by atoms with Gasteiger partial charge >= 0.3 is 0 Å². The standard InChI is InChI=1S/C18H11N3O3/c19-11-13-1-3-14(4-2-13)15-5-8-17(9-6-15)24-18-10-7-16(12-20-18)21(22)23/h1-10,12H. The number of aromatic nitrogens is 1. The SMILES string of the molecule is N#Cc1ccc(-c2ccc(Oc3ccc([N+](=O)[O-])cn3)cc2)cc1. The van der Waals surface area contributed by atoms with Crippen LogP contribution in [0.15, 0.2) is 66.9 Å². The van der Waals surface area contributed by atoms with Crippen LogP contribution in [0.25, 0.3) is 11.1 Å². The third-order valence-corrected chi connectivity index (χ3v) is 3.36. The van der Waals surface area contributed by atoms with E-state index in [0.717, 1.165) is 17.3 Å². The number of benzene rings is 2. The molecule has 1 aromatic heterocycles. The van der Waals surface area contributed by atoms with E-state index in [-0.39, 0.29) is 11.6 Å². The van der Waals surface area contributed by atoms with E-state index in [2.05, 4.69) is 11.1 Å². The molecule has 2 aromatic carbocycles. The van der Waals surface area contributed by atoms with Crippen LogP contribution in [-0.2, 0) is 0 Å². The molecule has 0 aliphatic carbocycles. The third kappa shape index (κ3) is 3.36. The van der Waals surface area contributed by atoms with E-state index in [4.69, 9.17) is 10.00 Å². The van der Waals surface area contributed by atoms with Gasteiger partial charge in [-0.05, 0) is 35.4 Å². The van der Waals surface area contributed by atoms with Gasteiger partial charge in [0.25, 0.3) is 5.69 Å². The Labute approximate surface area is 137 Å². The zero-order chi connectivity index (χ0) is 16.9. The molecule has 0 atom stereocenters. The van der Waals surface area contributed by atoms with Crippen LogP contribution in [0.1, 0.15) is 5.56 Å². The summed E-state index contributed by atoms with van der Waals surface area (Å²) in [6.45, 7) is 0. The van der Waals surface area contributed by atoms with Crippen molar-refractivity contribution in [2.75, 3.05) is 0 Å². The summed E-state index contributed by atoms with van der Waals surface area (Å²) in [4.78, 5) is 14.0. The van der Waals surface area contributed by atoms with Gasteiger partial charge in [-0.15, -0.1) is 0 Å². The zero-order valence-corrected chi connectivity index (χ0v) is 12.4. The fourth-order valence-electron chi connectivity index (χ4n) is 2.11. The van der Waals surface area contributed by atoms with Crippen molar-refractivity contribution >= 4 is 5.69 Å². The molecular formula is C18H11N3O3. The number of pyridine rings is 1. The molecule has 3 aromatic rings. The van der Waals surface area contributed by atoms with E-state index in [1.807, 2.05) is 24.3 Å². The largest absolute Gasteiger partial charge is 0.439 e. The predicted molar refractivity (Wildman–Crippen MR) is 87.6 cm³/mol. The Bertz CT molecular complexity index is 896. The number of hydrogen-bond acceptors (Lipinski definition) is 5. The Morgan fingerprint density at radius 2 is 1.58 bits per heavy atom. The molecule has 0 radical (unpaired) electrons. The minimum atomic E-state index is -0.511. The highest BCUT2D eigenvalue weighted by Crippen LogP contribution is 2.25. The molecule has 24 heavy (non-hydrogen) atoms. The van der Waals surface area contributed by atoms with Crippen molar-refractivity contribution in [3.63, 3.8) is 0 Å². The number of nitro groups is 1. The second-order valence-corrected chi connectivity index (χ2v) is 4.93. The Hall–Kier alpha value is -3.72. The van der Waals surface area contributed by atoms with Crippen molar-refractivity contribution in [1.29, 1.82) is 5.26 Å².